The van der Waals surface area contributed by atoms with Crippen LogP contribution in [0.25, 0.3) is 17.3 Å². The molecule has 33 heavy (non-hydrogen) atoms. The molecule has 0 spiro atoms. The fraction of sp³-hybridized carbons (Fsp3) is 0.409. The Hall–Kier alpha value is -2.89. The highest BCUT2D eigenvalue weighted by atomic mass is 32.2. The van der Waals surface area contributed by atoms with Gasteiger partial charge in [-0.25, -0.2) is 27.1 Å². The Bertz CT molecular complexity index is 1310. The van der Waals surface area contributed by atoms with Gasteiger partial charge in [0.2, 0.25) is 16.0 Å². The van der Waals surface area contributed by atoms with Gasteiger partial charge in [0.05, 0.1) is 41.8 Å². The highest BCUT2D eigenvalue weighted by Crippen LogP contribution is 2.31. The van der Waals surface area contributed by atoms with Gasteiger partial charge in [0.25, 0.3) is 0 Å². The first-order valence-corrected chi connectivity index (χ1v) is 11.7. The molecular weight excluding hydrogens is 453 g/mol. The minimum atomic E-state index is -3.86. The quantitative estimate of drug-likeness (QED) is 0.466. The largest absolute Gasteiger partial charge is 0.481 e. The van der Waals surface area contributed by atoms with E-state index < -0.39 is 76.1 Å². The Morgan fingerprint density at radius 1 is 1.24 bits per heavy atom. The molecule has 11 heteroatoms. The molecule has 3 N–H and O–H groups in total. The number of halogens is 1. The number of rotatable bonds is 10. The predicted octanol–water partition coefficient (Wildman–Crippen LogP) is 2.40. The van der Waals surface area contributed by atoms with Crippen LogP contribution < -0.4 is 4.31 Å². The second-order valence-corrected chi connectivity index (χ2v) is 9.67. The lowest BCUT2D eigenvalue weighted by Gasteiger charge is -2.20. The number of anilines is 1. The third kappa shape index (κ3) is 7.31. The zero-order chi connectivity index (χ0) is 28.4. The van der Waals surface area contributed by atoms with Gasteiger partial charge in [-0.15, -0.1) is 0 Å². The number of aliphatic hydroxyl groups excluding tert-OH is 2. The predicted molar refractivity (Wildman–Crippen MR) is 123 cm³/mol. The second-order valence-electron chi connectivity index (χ2n) is 7.66. The van der Waals surface area contributed by atoms with E-state index in [2.05, 4.69) is 9.97 Å². The maximum atomic E-state index is 14.2. The molecule has 0 aliphatic carbocycles. The maximum Gasteiger partial charge on any atom is 0.305 e. The van der Waals surface area contributed by atoms with Gasteiger partial charge >= 0.3 is 5.97 Å². The van der Waals surface area contributed by atoms with Crippen LogP contribution in [0.5, 0.6) is 0 Å². The van der Waals surface area contributed by atoms with Crippen LogP contribution in [0.3, 0.4) is 0 Å². The van der Waals surface area contributed by atoms with E-state index >= 15 is 0 Å². The van der Waals surface area contributed by atoms with Crippen LogP contribution in [-0.2, 0) is 14.8 Å². The number of aliphatic carboxylic acids is 1. The van der Waals surface area contributed by atoms with E-state index in [1.165, 1.54) is 19.2 Å². The van der Waals surface area contributed by atoms with Crippen LogP contribution >= 0.6 is 0 Å². The minimum Gasteiger partial charge on any atom is -0.481 e. The van der Waals surface area contributed by atoms with Crippen molar-refractivity contribution >= 4 is 28.0 Å². The van der Waals surface area contributed by atoms with E-state index in [4.69, 9.17) is 10.6 Å². The minimum absolute atomic E-state index is 0.0971. The molecule has 180 valence electrons. The van der Waals surface area contributed by atoms with Gasteiger partial charge in [0.1, 0.15) is 5.82 Å². The van der Waals surface area contributed by atoms with Crippen molar-refractivity contribution < 1.29 is 38.4 Å². The first-order valence-electron chi connectivity index (χ1n) is 11.8. The summed E-state index contributed by atoms with van der Waals surface area (Å²) in [6.45, 7) is 3.42. The lowest BCUT2D eigenvalue weighted by Crippen LogP contribution is -2.27. The summed E-state index contributed by atoms with van der Waals surface area (Å²) in [6, 6.07) is -3.42. The average Bonchev–Trinajstić information content (AvgIpc) is 2.78. The topological polar surface area (TPSA) is 141 Å². The molecule has 0 saturated heterocycles. The van der Waals surface area contributed by atoms with E-state index in [9.17, 15) is 27.8 Å². The summed E-state index contributed by atoms with van der Waals surface area (Å²) in [5.41, 5.74) is -0.342. The highest BCUT2D eigenvalue weighted by Gasteiger charge is 2.22. The molecule has 1 aromatic carbocycles. The summed E-state index contributed by atoms with van der Waals surface area (Å²) in [4.78, 5) is 19.3. The number of hydrogen-bond donors (Lipinski definition) is 3. The van der Waals surface area contributed by atoms with Crippen LogP contribution in [0, 0.1) is 5.82 Å². The molecule has 9 nitrogen and oxygen atoms in total. The van der Waals surface area contributed by atoms with Gasteiger partial charge in [-0.3, -0.25) is 4.79 Å². The molecule has 0 saturated carbocycles. The molecule has 0 radical (unpaired) electrons. The van der Waals surface area contributed by atoms with E-state index in [0.29, 0.717) is 0 Å². The fourth-order valence-corrected chi connectivity index (χ4v) is 3.20. The number of sulfonamides is 1. The van der Waals surface area contributed by atoms with Crippen LogP contribution in [0.15, 0.2) is 30.2 Å². The molecule has 1 heterocycles. The SMILES string of the molecule is [2H]c1c([2H])c(-c2nc(N(C)S(C)(=O)=O)nc(C(C)C)c2/C=C/[C@@H](O)C[C@H](O)CC(=O)O)c([2H])c([2H])c1F. The van der Waals surface area contributed by atoms with Crippen molar-refractivity contribution in [2.24, 2.45) is 0 Å². The number of benzene rings is 1. The number of carboxylic acid groups (broad SMARTS) is 1. The average molecular weight is 486 g/mol. The second kappa shape index (κ2) is 10.8. The van der Waals surface area contributed by atoms with Crippen LogP contribution in [0.1, 0.15) is 49.3 Å². The standard InChI is InChI=1S/C22H28FN3O6S/c1-13(2)20-18(10-9-16(27)11-17(28)12-19(29)30)21(14-5-7-15(23)8-6-14)25-22(24-20)26(3)33(4,31)32/h5-10,13,16-17,27-28H,11-12H2,1-4H3,(H,29,30)/b10-9+/t16-,17+/m1/s1/i5D,6D,7D,8D. The molecule has 2 aromatic rings. The Balaban J connectivity index is 2.87. The molecule has 0 fully saturated rings. The number of carboxylic acids is 1. The number of nitrogens with zero attached hydrogens (tertiary/aromatic N) is 3. The van der Waals surface area contributed by atoms with Gasteiger partial charge < -0.3 is 15.3 Å². The number of hydrogen-bond acceptors (Lipinski definition) is 7. The summed E-state index contributed by atoms with van der Waals surface area (Å²) in [5, 5.41) is 28.9. The van der Waals surface area contributed by atoms with Crippen molar-refractivity contribution in [3.05, 3.63) is 47.3 Å². The van der Waals surface area contributed by atoms with Crippen molar-refractivity contribution in [3.8, 4) is 11.3 Å². The van der Waals surface area contributed by atoms with Gasteiger partial charge in [-0.2, -0.15) is 0 Å². The maximum absolute atomic E-state index is 14.2. The number of aliphatic hydroxyl groups is 2. The summed E-state index contributed by atoms with van der Waals surface area (Å²) in [6.07, 6.45) is -0.216. The molecule has 1 aromatic heterocycles. The fourth-order valence-electron chi connectivity index (χ4n) is 2.82. The Labute approximate surface area is 197 Å². The van der Waals surface area contributed by atoms with Crippen molar-refractivity contribution in [2.75, 3.05) is 17.6 Å². The third-order valence-electron chi connectivity index (χ3n) is 4.53. The summed E-state index contributed by atoms with van der Waals surface area (Å²) < 4.78 is 71.6. The van der Waals surface area contributed by atoms with Crippen molar-refractivity contribution in [1.29, 1.82) is 0 Å². The van der Waals surface area contributed by atoms with Crippen molar-refractivity contribution in [1.82, 2.24) is 9.97 Å². The summed E-state index contributed by atoms with van der Waals surface area (Å²) in [7, 11) is -2.67. The first-order chi connectivity index (χ1) is 17.0. The van der Waals surface area contributed by atoms with E-state index in [1.54, 1.807) is 13.8 Å². The van der Waals surface area contributed by atoms with Crippen LogP contribution in [0.2, 0.25) is 0 Å². The first kappa shape index (κ1) is 20.7. The summed E-state index contributed by atoms with van der Waals surface area (Å²) >= 11 is 0. The monoisotopic (exact) mass is 485 g/mol. The third-order valence-corrected chi connectivity index (χ3v) is 5.69. The van der Waals surface area contributed by atoms with Gasteiger partial charge in [-0.1, -0.05) is 26.0 Å². The molecule has 2 rings (SSSR count). The van der Waals surface area contributed by atoms with Gasteiger partial charge in [0, 0.05) is 24.6 Å². The molecule has 0 bridgehead atoms. The Kier molecular flexibility index (Phi) is 6.79. The highest BCUT2D eigenvalue weighted by molar-refractivity contribution is 7.92. The van der Waals surface area contributed by atoms with E-state index in [-0.39, 0.29) is 29.3 Å². The lowest BCUT2D eigenvalue weighted by atomic mass is 9.97. The van der Waals surface area contributed by atoms with Crippen molar-refractivity contribution in [2.45, 2.75) is 44.8 Å². The zero-order valence-corrected chi connectivity index (χ0v) is 19.3. The van der Waals surface area contributed by atoms with E-state index in [1.807, 2.05) is 0 Å². The van der Waals surface area contributed by atoms with Crippen LogP contribution in [0.4, 0.5) is 10.3 Å². The van der Waals surface area contributed by atoms with Gasteiger partial charge in [-0.05, 0) is 30.1 Å². The van der Waals surface area contributed by atoms with Crippen molar-refractivity contribution in [3.63, 3.8) is 0 Å². The molecule has 0 aliphatic rings. The van der Waals surface area contributed by atoms with Crippen LogP contribution in [-0.4, -0.2) is 65.2 Å². The number of aromatic nitrogens is 2. The Morgan fingerprint density at radius 3 is 2.36 bits per heavy atom. The lowest BCUT2D eigenvalue weighted by molar-refractivity contribution is -0.139. The summed E-state index contributed by atoms with van der Waals surface area (Å²) in [5.74, 6) is -3.37. The zero-order valence-electron chi connectivity index (χ0n) is 22.5. The Morgan fingerprint density at radius 2 is 1.85 bits per heavy atom. The molecule has 0 amide bonds. The molecule has 2 atom stereocenters. The van der Waals surface area contributed by atoms with Gasteiger partial charge in [0.15, 0.2) is 0 Å². The number of carbonyl (C=O) groups is 1. The smallest absolute Gasteiger partial charge is 0.305 e. The molecule has 0 unspecified atom stereocenters. The van der Waals surface area contributed by atoms with E-state index in [0.717, 1.165) is 10.6 Å². The normalized spacial score (nSPS) is 15.6. The molecule has 0 aliphatic heterocycles. The molecular formula is C22H28FN3O6S.